The van der Waals surface area contributed by atoms with Crippen LogP contribution in [0, 0.1) is 0 Å². The van der Waals surface area contributed by atoms with Crippen LogP contribution in [0.5, 0.6) is 0 Å². The van der Waals surface area contributed by atoms with Crippen LogP contribution in [-0.2, 0) is 12.8 Å². The number of anilines is 3. The number of nitrogens with one attached hydrogen (secondary N) is 3. The molecule has 0 aliphatic carbocycles. The number of aromatic nitrogens is 4. The fraction of sp³-hybridized carbons (Fsp3) is 0.188. The average molecular weight is 329 g/mol. The minimum Gasteiger partial charge on any atom is -0.388 e. The predicted octanol–water partition coefficient (Wildman–Crippen LogP) is 3.42. The molecule has 1 aromatic carbocycles. The Morgan fingerprint density at radius 1 is 1.13 bits per heavy atom. The zero-order chi connectivity index (χ0) is 16.1. The summed E-state index contributed by atoms with van der Waals surface area (Å²) in [4.78, 5) is 8.16. The second kappa shape index (κ2) is 7.11. The van der Waals surface area contributed by atoms with Crippen molar-refractivity contribution < 1.29 is 0 Å². The van der Waals surface area contributed by atoms with Crippen LogP contribution in [0.3, 0.4) is 0 Å². The van der Waals surface area contributed by atoms with Gasteiger partial charge in [0.15, 0.2) is 5.82 Å². The van der Waals surface area contributed by atoms with Crippen molar-refractivity contribution in [3.8, 4) is 0 Å². The van der Waals surface area contributed by atoms with Crippen LogP contribution in [0.2, 0.25) is 5.02 Å². The third-order valence-electron chi connectivity index (χ3n) is 3.45. The van der Waals surface area contributed by atoms with E-state index in [1.54, 1.807) is 18.6 Å². The number of halogens is 1. The molecule has 23 heavy (non-hydrogen) atoms. The fourth-order valence-corrected chi connectivity index (χ4v) is 2.45. The van der Waals surface area contributed by atoms with E-state index in [1.807, 2.05) is 25.2 Å². The van der Waals surface area contributed by atoms with Crippen molar-refractivity contribution in [1.29, 1.82) is 0 Å². The van der Waals surface area contributed by atoms with Gasteiger partial charge in [-0.05, 0) is 36.6 Å². The number of hydrogen-bond acceptors (Lipinski definition) is 5. The highest BCUT2D eigenvalue weighted by molar-refractivity contribution is 6.31. The molecule has 0 spiro atoms. The minimum absolute atomic E-state index is 0.662. The Morgan fingerprint density at radius 2 is 2.04 bits per heavy atom. The maximum absolute atomic E-state index is 6.25. The Bertz CT molecular complexity index is 771. The topological polar surface area (TPSA) is 78.5 Å². The first-order valence-corrected chi connectivity index (χ1v) is 7.66. The molecule has 0 aliphatic rings. The van der Waals surface area contributed by atoms with E-state index in [-0.39, 0.29) is 0 Å². The molecule has 0 unspecified atom stereocenters. The van der Waals surface area contributed by atoms with Gasteiger partial charge in [0.05, 0.1) is 6.20 Å². The van der Waals surface area contributed by atoms with E-state index < -0.39 is 0 Å². The van der Waals surface area contributed by atoms with E-state index in [4.69, 9.17) is 11.6 Å². The standard InChI is InChI=1S/C16H17ClN6/c1-18-12-4-5-14(17)11(8-12)2-3-13-9-15(23-22-13)21-16-10-19-6-7-20-16/h4-10,18H,2-3H2,1H3,(H2,20,21,22,23). The fourth-order valence-electron chi connectivity index (χ4n) is 2.24. The first kappa shape index (κ1) is 15.3. The van der Waals surface area contributed by atoms with Crippen LogP contribution >= 0.6 is 11.6 Å². The van der Waals surface area contributed by atoms with Gasteiger partial charge < -0.3 is 10.6 Å². The quantitative estimate of drug-likeness (QED) is 0.646. The summed E-state index contributed by atoms with van der Waals surface area (Å²) in [6, 6.07) is 7.91. The molecule has 0 saturated heterocycles. The molecule has 0 fully saturated rings. The Hall–Kier alpha value is -2.60. The first-order valence-electron chi connectivity index (χ1n) is 7.28. The number of aromatic amines is 1. The van der Waals surface area contributed by atoms with Crippen molar-refractivity contribution in [1.82, 2.24) is 20.2 Å². The molecule has 3 N–H and O–H groups in total. The molecule has 0 radical (unpaired) electrons. The molecular weight excluding hydrogens is 312 g/mol. The summed E-state index contributed by atoms with van der Waals surface area (Å²) in [7, 11) is 1.90. The van der Waals surface area contributed by atoms with Crippen molar-refractivity contribution in [2.45, 2.75) is 12.8 Å². The van der Waals surface area contributed by atoms with E-state index in [0.29, 0.717) is 5.82 Å². The Morgan fingerprint density at radius 3 is 2.83 bits per heavy atom. The lowest BCUT2D eigenvalue weighted by molar-refractivity contribution is 0.893. The highest BCUT2D eigenvalue weighted by Gasteiger charge is 2.06. The Balaban J connectivity index is 1.63. The Labute approximate surface area is 139 Å². The molecule has 2 aromatic heterocycles. The number of nitrogens with zero attached hydrogens (tertiary/aromatic N) is 3. The molecule has 3 aromatic rings. The summed E-state index contributed by atoms with van der Waals surface area (Å²) in [5.74, 6) is 1.38. The molecular formula is C16H17ClN6. The highest BCUT2D eigenvalue weighted by atomic mass is 35.5. The zero-order valence-corrected chi connectivity index (χ0v) is 13.4. The number of rotatable bonds is 6. The van der Waals surface area contributed by atoms with Crippen LogP contribution in [0.1, 0.15) is 11.3 Å². The lowest BCUT2D eigenvalue weighted by atomic mass is 10.1. The van der Waals surface area contributed by atoms with Gasteiger partial charge in [0.2, 0.25) is 0 Å². The third-order valence-corrected chi connectivity index (χ3v) is 3.82. The van der Waals surface area contributed by atoms with Gasteiger partial charge in [0, 0.05) is 41.9 Å². The second-order valence-electron chi connectivity index (χ2n) is 5.05. The maximum atomic E-state index is 6.25. The second-order valence-corrected chi connectivity index (χ2v) is 5.46. The monoisotopic (exact) mass is 328 g/mol. The number of H-pyrrole nitrogens is 1. The van der Waals surface area contributed by atoms with Gasteiger partial charge in [-0.3, -0.25) is 10.1 Å². The van der Waals surface area contributed by atoms with Gasteiger partial charge in [-0.1, -0.05) is 11.6 Å². The van der Waals surface area contributed by atoms with E-state index >= 15 is 0 Å². The lowest BCUT2D eigenvalue weighted by Crippen LogP contribution is -1.95. The third kappa shape index (κ3) is 3.98. The van der Waals surface area contributed by atoms with Crippen molar-refractivity contribution in [3.63, 3.8) is 0 Å². The van der Waals surface area contributed by atoms with Crippen molar-refractivity contribution in [2.24, 2.45) is 0 Å². The summed E-state index contributed by atoms with van der Waals surface area (Å²) in [5, 5.41) is 14.3. The van der Waals surface area contributed by atoms with Crippen molar-refractivity contribution in [3.05, 3.63) is 59.1 Å². The Kier molecular flexibility index (Phi) is 4.73. The van der Waals surface area contributed by atoms with Gasteiger partial charge in [-0.15, -0.1) is 0 Å². The molecule has 3 rings (SSSR count). The molecule has 0 bridgehead atoms. The smallest absolute Gasteiger partial charge is 0.153 e. The van der Waals surface area contributed by atoms with E-state index in [9.17, 15) is 0 Å². The van der Waals surface area contributed by atoms with Crippen molar-refractivity contribution >= 4 is 28.9 Å². The first-order chi connectivity index (χ1) is 11.2. The van der Waals surface area contributed by atoms with E-state index in [2.05, 4.69) is 36.9 Å². The molecule has 0 saturated carbocycles. The number of benzene rings is 1. The van der Waals surface area contributed by atoms with Gasteiger partial charge in [-0.2, -0.15) is 5.10 Å². The van der Waals surface area contributed by atoms with Crippen LogP contribution in [-0.4, -0.2) is 27.2 Å². The van der Waals surface area contributed by atoms with Crippen LogP contribution in [0.25, 0.3) is 0 Å². The van der Waals surface area contributed by atoms with Crippen LogP contribution < -0.4 is 10.6 Å². The normalized spacial score (nSPS) is 10.5. The number of hydrogen-bond donors (Lipinski definition) is 3. The van der Waals surface area contributed by atoms with Gasteiger partial charge in [-0.25, -0.2) is 4.98 Å². The van der Waals surface area contributed by atoms with E-state index in [0.717, 1.165) is 40.6 Å². The van der Waals surface area contributed by atoms with Crippen molar-refractivity contribution in [2.75, 3.05) is 17.7 Å². The molecule has 0 atom stereocenters. The molecule has 0 amide bonds. The number of aryl methyl sites for hydroxylation is 2. The van der Waals surface area contributed by atoms with Gasteiger partial charge in [0.1, 0.15) is 5.82 Å². The SMILES string of the molecule is CNc1ccc(Cl)c(CCc2cc(Nc3cnccn3)n[nH]2)c1. The molecule has 118 valence electrons. The zero-order valence-electron chi connectivity index (χ0n) is 12.7. The molecule has 0 aliphatic heterocycles. The maximum Gasteiger partial charge on any atom is 0.153 e. The van der Waals surface area contributed by atoms with Gasteiger partial charge in [0.25, 0.3) is 0 Å². The average Bonchev–Trinajstić information content (AvgIpc) is 3.02. The lowest BCUT2D eigenvalue weighted by Gasteiger charge is -2.06. The molecule has 2 heterocycles. The summed E-state index contributed by atoms with van der Waals surface area (Å²) in [6.45, 7) is 0. The summed E-state index contributed by atoms with van der Waals surface area (Å²) in [5.41, 5.74) is 3.19. The highest BCUT2D eigenvalue weighted by Crippen LogP contribution is 2.22. The van der Waals surface area contributed by atoms with Crippen LogP contribution in [0.15, 0.2) is 42.9 Å². The summed E-state index contributed by atoms with van der Waals surface area (Å²) >= 11 is 6.25. The van der Waals surface area contributed by atoms with Gasteiger partial charge >= 0.3 is 0 Å². The predicted molar refractivity (Wildman–Crippen MR) is 92.3 cm³/mol. The molecule has 6 nitrogen and oxygen atoms in total. The van der Waals surface area contributed by atoms with E-state index in [1.165, 1.54) is 0 Å². The molecule has 7 heteroatoms. The summed E-state index contributed by atoms with van der Waals surface area (Å²) in [6.07, 6.45) is 6.57. The largest absolute Gasteiger partial charge is 0.388 e. The van der Waals surface area contributed by atoms with Crippen LogP contribution in [0.4, 0.5) is 17.3 Å². The summed E-state index contributed by atoms with van der Waals surface area (Å²) < 4.78 is 0. The minimum atomic E-state index is 0.662.